The van der Waals surface area contributed by atoms with E-state index in [2.05, 4.69) is 46.8 Å². The molecule has 2 aromatic rings. The van der Waals surface area contributed by atoms with Crippen molar-refractivity contribution in [1.29, 1.82) is 0 Å². The Bertz CT molecular complexity index is 779. The zero-order valence-corrected chi connectivity index (χ0v) is 15.5. The largest absolute Gasteiger partial charge is 0.358 e. The topological polar surface area (TPSA) is 39.3 Å². The second-order valence-corrected chi connectivity index (χ2v) is 7.72. The second-order valence-electron chi connectivity index (χ2n) is 7.72. The summed E-state index contributed by atoms with van der Waals surface area (Å²) in [4.78, 5) is 21.0. The molecule has 1 aromatic carbocycles. The minimum atomic E-state index is 0.299. The third kappa shape index (κ3) is 3.20. The van der Waals surface area contributed by atoms with Gasteiger partial charge in [-0.1, -0.05) is 25.0 Å². The van der Waals surface area contributed by atoms with Crippen LogP contribution in [0.1, 0.15) is 49.4 Å². The van der Waals surface area contributed by atoms with Crippen LogP contribution in [0.25, 0.3) is 10.9 Å². The molecule has 2 aliphatic rings. The summed E-state index contributed by atoms with van der Waals surface area (Å²) in [5.74, 6) is 0.299. The van der Waals surface area contributed by atoms with Crippen LogP contribution in [-0.4, -0.2) is 46.4 Å². The molecule has 1 atom stereocenters. The minimum absolute atomic E-state index is 0.299. The molecule has 3 heterocycles. The molecule has 134 valence electrons. The van der Waals surface area contributed by atoms with Crippen molar-refractivity contribution in [3.63, 3.8) is 0 Å². The average molecular weight is 339 g/mol. The highest BCUT2D eigenvalue weighted by Gasteiger charge is 2.28. The average Bonchev–Trinajstić information content (AvgIpc) is 2.99. The van der Waals surface area contributed by atoms with Crippen LogP contribution in [0.3, 0.4) is 0 Å². The minimum Gasteiger partial charge on any atom is -0.358 e. The summed E-state index contributed by atoms with van der Waals surface area (Å²) in [6.07, 6.45) is 5.88. The van der Waals surface area contributed by atoms with E-state index in [9.17, 15) is 4.79 Å². The summed E-state index contributed by atoms with van der Waals surface area (Å²) in [6.45, 7) is 7.64. The van der Waals surface area contributed by atoms with E-state index in [1.165, 1.54) is 47.0 Å². The van der Waals surface area contributed by atoms with E-state index in [4.69, 9.17) is 0 Å². The van der Waals surface area contributed by atoms with Gasteiger partial charge in [-0.25, -0.2) is 0 Å². The van der Waals surface area contributed by atoms with Gasteiger partial charge in [-0.15, -0.1) is 0 Å². The first-order valence-electron chi connectivity index (χ1n) is 9.77. The quantitative estimate of drug-likeness (QED) is 0.927. The molecule has 4 nitrogen and oxygen atoms in total. The zero-order chi connectivity index (χ0) is 17.4. The Balaban J connectivity index is 1.50. The Morgan fingerprint density at radius 3 is 3.00 bits per heavy atom. The van der Waals surface area contributed by atoms with Gasteiger partial charge in [0.15, 0.2) is 0 Å². The molecular formula is C21H29N3O. The lowest BCUT2D eigenvalue weighted by Gasteiger charge is -2.36. The Labute approximate surface area is 150 Å². The van der Waals surface area contributed by atoms with Crippen molar-refractivity contribution in [2.45, 2.75) is 58.5 Å². The number of nitrogens with one attached hydrogen (secondary N) is 1. The summed E-state index contributed by atoms with van der Waals surface area (Å²) in [5, 5.41) is 1.29. The normalized spacial score (nSPS) is 21.5. The SMILES string of the molecule is CC[C@@H]1CCCCN1CC(=O)N1CCc2[nH]c3ccc(C)cc3c2C1. The Hall–Kier alpha value is -1.81. The highest BCUT2D eigenvalue weighted by atomic mass is 16.2. The number of hydrogen-bond donors (Lipinski definition) is 1. The van der Waals surface area contributed by atoms with Crippen LogP contribution in [-0.2, 0) is 17.8 Å². The van der Waals surface area contributed by atoms with Crippen molar-refractivity contribution in [2.24, 2.45) is 0 Å². The van der Waals surface area contributed by atoms with Gasteiger partial charge in [0.2, 0.25) is 5.91 Å². The second kappa shape index (κ2) is 6.83. The van der Waals surface area contributed by atoms with Gasteiger partial charge in [0.25, 0.3) is 0 Å². The monoisotopic (exact) mass is 339 g/mol. The molecule has 0 radical (unpaired) electrons. The maximum Gasteiger partial charge on any atom is 0.237 e. The summed E-state index contributed by atoms with van der Waals surface area (Å²) >= 11 is 0. The van der Waals surface area contributed by atoms with Crippen LogP contribution in [0.5, 0.6) is 0 Å². The first kappa shape index (κ1) is 16.6. The molecule has 4 heteroatoms. The highest BCUT2D eigenvalue weighted by molar-refractivity contribution is 5.87. The molecule has 1 amide bonds. The number of carbonyl (C=O) groups excluding carboxylic acids is 1. The van der Waals surface area contributed by atoms with Crippen LogP contribution in [0, 0.1) is 6.92 Å². The lowest BCUT2D eigenvalue weighted by Crippen LogP contribution is -2.47. The number of rotatable bonds is 3. The van der Waals surface area contributed by atoms with Crippen LogP contribution >= 0.6 is 0 Å². The van der Waals surface area contributed by atoms with Crippen molar-refractivity contribution < 1.29 is 4.79 Å². The van der Waals surface area contributed by atoms with E-state index in [-0.39, 0.29) is 0 Å². The number of benzene rings is 1. The molecule has 0 saturated carbocycles. The highest BCUT2D eigenvalue weighted by Crippen LogP contribution is 2.29. The number of carbonyl (C=O) groups is 1. The number of likely N-dealkylation sites (tertiary alicyclic amines) is 1. The Morgan fingerprint density at radius 2 is 2.16 bits per heavy atom. The molecule has 1 aromatic heterocycles. The van der Waals surface area contributed by atoms with E-state index in [0.717, 1.165) is 32.5 Å². The van der Waals surface area contributed by atoms with Gasteiger partial charge in [0, 0.05) is 47.7 Å². The molecule has 1 saturated heterocycles. The van der Waals surface area contributed by atoms with E-state index < -0.39 is 0 Å². The molecule has 0 unspecified atom stereocenters. The van der Waals surface area contributed by atoms with Crippen molar-refractivity contribution in [1.82, 2.24) is 14.8 Å². The molecule has 2 aliphatic heterocycles. The van der Waals surface area contributed by atoms with Crippen LogP contribution < -0.4 is 0 Å². The van der Waals surface area contributed by atoms with E-state index in [1.54, 1.807) is 0 Å². The molecule has 1 fully saturated rings. The van der Waals surface area contributed by atoms with E-state index >= 15 is 0 Å². The number of aromatic amines is 1. The predicted molar refractivity (Wildman–Crippen MR) is 102 cm³/mol. The van der Waals surface area contributed by atoms with Gasteiger partial charge in [-0.2, -0.15) is 0 Å². The summed E-state index contributed by atoms with van der Waals surface area (Å²) in [5.41, 5.74) is 5.11. The smallest absolute Gasteiger partial charge is 0.237 e. The first-order valence-corrected chi connectivity index (χ1v) is 9.77. The summed E-state index contributed by atoms with van der Waals surface area (Å²) in [6, 6.07) is 7.15. The van der Waals surface area contributed by atoms with Crippen molar-refractivity contribution in [2.75, 3.05) is 19.6 Å². The number of piperidine rings is 1. The number of aryl methyl sites for hydroxylation is 1. The maximum atomic E-state index is 12.9. The lowest BCUT2D eigenvalue weighted by molar-refractivity contribution is -0.134. The number of nitrogens with zero attached hydrogens (tertiary/aromatic N) is 2. The van der Waals surface area contributed by atoms with E-state index in [0.29, 0.717) is 18.5 Å². The number of amides is 1. The number of hydrogen-bond acceptors (Lipinski definition) is 2. The van der Waals surface area contributed by atoms with Crippen molar-refractivity contribution in [3.8, 4) is 0 Å². The van der Waals surface area contributed by atoms with Gasteiger partial charge in [0.05, 0.1) is 6.54 Å². The Morgan fingerprint density at radius 1 is 1.28 bits per heavy atom. The molecule has 0 spiro atoms. The van der Waals surface area contributed by atoms with Crippen LogP contribution in [0.2, 0.25) is 0 Å². The van der Waals surface area contributed by atoms with Gasteiger partial charge < -0.3 is 9.88 Å². The third-order valence-corrected chi connectivity index (χ3v) is 6.04. The van der Waals surface area contributed by atoms with Crippen LogP contribution in [0.15, 0.2) is 18.2 Å². The van der Waals surface area contributed by atoms with Gasteiger partial charge >= 0.3 is 0 Å². The first-order chi connectivity index (χ1) is 12.2. The van der Waals surface area contributed by atoms with Crippen molar-refractivity contribution in [3.05, 3.63) is 35.0 Å². The third-order valence-electron chi connectivity index (χ3n) is 6.04. The molecule has 1 N–H and O–H groups in total. The van der Waals surface area contributed by atoms with E-state index in [1.807, 2.05) is 0 Å². The molecule has 0 aliphatic carbocycles. The molecule has 4 rings (SSSR count). The maximum absolute atomic E-state index is 12.9. The molecule has 0 bridgehead atoms. The zero-order valence-electron chi connectivity index (χ0n) is 15.5. The fraction of sp³-hybridized carbons (Fsp3) is 0.571. The fourth-order valence-corrected chi connectivity index (χ4v) is 4.55. The predicted octanol–water partition coefficient (Wildman–Crippen LogP) is 3.63. The van der Waals surface area contributed by atoms with Gasteiger partial charge in [-0.05, 0) is 44.9 Å². The number of fused-ring (bicyclic) bond motifs is 3. The molecule has 25 heavy (non-hydrogen) atoms. The van der Waals surface area contributed by atoms with Gasteiger partial charge in [0.1, 0.15) is 0 Å². The van der Waals surface area contributed by atoms with Crippen LogP contribution in [0.4, 0.5) is 0 Å². The molecular weight excluding hydrogens is 310 g/mol. The fourth-order valence-electron chi connectivity index (χ4n) is 4.55. The number of H-pyrrole nitrogens is 1. The number of aromatic nitrogens is 1. The standard InChI is InChI=1S/C21H29N3O/c1-3-16-6-4-5-10-23(16)14-21(25)24-11-9-20-18(13-24)17-12-15(2)7-8-19(17)22-20/h7-8,12,16,22H,3-6,9-11,13-14H2,1-2H3/t16-/m1/s1. The summed E-state index contributed by atoms with van der Waals surface area (Å²) in [7, 11) is 0. The van der Waals surface area contributed by atoms with Crippen molar-refractivity contribution >= 4 is 16.8 Å². The Kier molecular flexibility index (Phi) is 4.55. The van der Waals surface area contributed by atoms with Gasteiger partial charge in [-0.3, -0.25) is 9.69 Å². The summed E-state index contributed by atoms with van der Waals surface area (Å²) < 4.78 is 0. The lowest BCUT2D eigenvalue weighted by atomic mass is 9.99.